The van der Waals surface area contributed by atoms with Crippen LogP contribution >= 0.6 is 0 Å². The summed E-state index contributed by atoms with van der Waals surface area (Å²) in [5, 5.41) is 26.6. The average Bonchev–Trinajstić information content (AvgIpc) is 2.61. The highest BCUT2D eigenvalue weighted by molar-refractivity contribution is 5.53. The van der Waals surface area contributed by atoms with Crippen molar-refractivity contribution < 1.29 is 10.2 Å². The lowest BCUT2D eigenvalue weighted by molar-refractivity contribution is 0.281. The lowest BCUT2D eigenvalue weighted by Gasteiger charge is -2.22. The lowest BCUT2D eigenvalue weighted by Crippen LogP contribution is -2.29. The summed E-state index contributed by atoms with van der Waals surface area (Å²) in [6.07, 6.45) is 1.01. The molecular weight excluding hydrogens is 290 g/mol. The highest BCUT2D eigenvalue weighted by atomic mass is 16.3. The van der Waals surface area contributed by atoms with E-state index in [0.29, 0.717) is 13.1 Å². The van der Waals surface area contributed by atoms with Crippen LogP contribution in [0.2, 0.25) is 0 Å². The van der Waals surface area contributed by atoms with Gasteiger partial charge in [0.25, 0.3) is 0 Å². The van der Waals surface area contributed by atoms with E-state index in [9.17, 15) is 0 Å². The molecule has 0 unspecified atom stereocenters. The van der Waals surface area contributed by atoms with Gasteiger partial charge < -0.3 is 15.1 Å². The highest BCUT2D eigenvalue weighted by Gasteiger charge is 2.04. The largest absolute Gasteiger partial charge is 0.395 e. The van der Waals surface area contributed by atoms with E-state index in [1.807, 2.05) is 41.3 Å². The number of nitrogens with zero attached hydrogens (tertiary/aromatic N) is 3. The van der Waals surface area contributed by atoms with Gasteiger partial charge in [0.05, 0.1) is 24.6 Å². The van der Waals surface area contributed by atoms with E-state index in [1.54, 1.807) is 0 Å². The van der Waals surface area contributed by atoms with Crippen LogP contribution in [-0.2, 0) is 6.42 Å². The number of azo groups is 1. The van der Waals surface area contributed by atoms with Crippen LogP contribution in [0.3, 0.4) is 0 Å². The Morgan fingerprint density at radius 1 is 0.783 bits per heavy atom. The van der Waals surface area contributed by atoms with Crippen molar-refractivity contribution in [3.05, 3.63) is 54.1 Å². The smallest absolute Gasteiger partial charge is 0.0858 e. The molecule has 0 aliphatic rings. The van der Waals surface area contributed by atoms with Gasteiger partial charge in [-0.15, -0.1) is 0 Å². The van der Waals surface area contributed by atoms with E-state index < -0.39 is 0 Å². The van der Waals surface area contributed by atoms with Crippen molar-refractivity contribution in [3.8, 4) is 0 Å². The minimum atomic E-state index is 0.0508. The molecule has 0 aromatic heterocycles. The van der Waals surface area contributed by atoms with E-state index in [4.69, 9.17) is 10.2 Å². The third-order valence-electron chi connectivity index (χ3n) is 3.58. The van der Waals surface area contributed by atoms with Crippen LogP contribution in [0.5, 0.6) is 0 Å². The van der Waals surface area contributed by atoms with Gasteiger partial charge in [-0.25, -0.2) is 0 Å². The number of hydrogen-bond donors (Lipinski definition) is 2. The summed E-state index contributed by atoms with van der Waals surface area (Å²) in [5.41, 5.74) is 3.82. The van der Waals surface area contributed by atoms with Gasteiger partial charge in [0.15, 0.2) is 0 Å². The van der Waals surface area contributed by atoms with Gasteiger partial charge in [0.1, 0.15) is 0 Å². The van der Waals surface area contributed by atoms with Crippen LogP contribution < -0.4 is 4.90 Å². The number of aliphatic hydroxyl groups excluding tert-OH is 2. The molecule has 0 saturated carbocycles. The Morgan fingerprint density at radius 3 is 1.70 bits per heavy atom. The first-order chi connectivity index (χ1) is 11.3. The third-order valence-corrected chi connectivity index (χ3v) is 3.58. The Bertz CT molecular complexity index is 603. The van der Waals surface area contributed by atoms with E-state index in [-0.39, 0.29) is 13.2 Å². The Kier molecular flexibility index (Phi) is 6.72. The van der Waals surface area contributed by atoms with Crippen LogP contribution in [0.1, 0.15) is 12.5 Å². The predicted octanol–water partition coefficient (Wildman–Crippen LogP) is 3.46. The Hall–Kier alpha value is -2.24. The van der Waals surface area contributed by atoms with Crippen LogP contribution in [0, 0.1) is 0 Å². The molecule has 0 fully saturated rings. The first-order valence-electron chi connectivity index (χ1n) is 7.84. The molecule has 0 aliphatic heterocycles. The molecule has 5 nitrogen and oxygen atoms in total. The quantitative estimate of drug-likeness (QED) is 0.733. The van der Waals surface area contributed by atoms with Gasteiger partial charge in [0.2, 0.25) is 0 Å². The normalized spacial score (nSPS) is 11.1. The van der Waals surface area contributed by atoms with Crippen LogP contribution in [0.15, 0.2) is 58.8 Å². The molecular formula is C18H23N3O2. The van der Waals surface area contributed by atoms with Gasteiger partial charge in [0, 0.05) is 18.8 Å². The van der Waals surface area contributed by atoms with Gasteiger partial charge in [-0.3, -0.25) is 0 Å². The maximum atomic E-state index is 9.07. The molecule has 5 heteroatoms. The van der Waals surface area contributed by atoms with Crippen molar-refractivity contribution in [2.24, 2.45) is 10.2 Å². The second-order valence-electron chi connectivity index (χ2n) is 5.17. The van der Waals surface area contributed by atoms with Crippen LogP contribution in [-0.4, -0.2) is 36.5 Å². The monoisotopic (exact) mass is 313 g/mol. The van der Waals surface area contributed by atoms with Gasteiger partial charge in [-0.2, -0.15) is 10.2 Å². The number of anilines is 1. The summed E-state index contributed by atoms with van der Waals surface area (Å²) >= 11 is 0. The summed E-state index contributed by atoms with van der Waals surface area (Å²) in [4.78, 5) is 1.92. The van der Waals surface area contributed by atoms with E-state index >= 15 is 0 Å². The Balaban J connectivity index is 2.04. The molecule has 0 atom stereocenters. The van der Waals surface area contributed by atoms with Gasteiger partial charge in [-0.05, 0) is 48.4 Å². The molecule has 0 saturated heterocycles. The number of benzene rings is 2. The number of rotatable bonds is 8. The zero-order valence-corrected chi connectivity index (χ0v) is 13.4. The molecule has 0 heterocycles. The first-order valence-corrected chi connectivity index (χ1v) is 7.84. The molecule has 2 N–H and O–H groups in total. The minimum absolute atomic E-state index is 0.0508. The summed E-state index contributed by atoms with van der Waals surface area (Å²) in [6.45, 7) is 3.20. The minimum Gasteiger partial charge on any atom is -0.395 e. The highest BCUT2D eigenvalue weighted by Crippen LogP contribution is 2.22. The topological polar surface area (TPSA) is 68.4 Å². The maximum Gasteiger partial charge on any atom is 0.0858 e. The van der Waals surface area contributed by atoms with Crippen molar-refractivity contribution in [2.45, 2.75) is 13.3 Å². The predicted molar refractivity (Wildman–Crippen MR) is 92.8 cm³/mol. The molecule has 0 amide bonds. The SMILES string of the molecule is CCc1ccc(N=Nc2ccc(N(CCO)CCO)cc2)cc1. The first kappa shape index (κ1) is 17.1. The maximum absolute atomic E-state index is 9.07. The molecule has 2 aromatic rings. The van der Waals surface area contributed by atoms with Crippen molar-refractivity contribution in [2.75, 3.05) is 31.2 Å². The zero-order chi connectivity index (χ0) is 16.5. The van der Waals surface area contributed by atoms with E-state index in [1.165, 1.54) is 5.56 Å². The summed E-state index contributed by atoms with van der Waals surface area (Å²) in [7, 11) is 0. The molecule has 2 rings (SSSR count). The van der Waals surface area contributed by atoms with E-state index in [2.05, 4.69) is 29.3 Å². The Morgan fingerprint density at radius 2 is 1.26 bits per heavy atom. The molecule has 0 spiro atoms. The van der Waals surface area contributed by atoms with Crippen molar-refractivity contribution in [1.29, 1.82) is 0 Å². The van der Waals surface area contributed by atoms with Gasteiger partial charge >= 0.3 is 0 Å². The molecule has 23 heavy (non-hydrogen) atoms. The zero-order valence-electron chi connectivity index (χ0n) is 13.4. The number of aliphatic hydroxyl groups is 2. The summed E-state index contributed by atoms with van der Waals surface area (Å²) < 4.78 is 0. The molecule has 0 radical (unpaired) electrons. The van der Waals surface area contributed by atoms with Gasteiger partial charge in [-0.1, -0.05) is 19.1 Å². The fraction of sp³-hybridized carbons (Fsp3) is 0.333. The lowest BCUT2D eigenvalue weighted by atomic mass is 10.2. The molecule has 0 bridgehead atoms. The summed E-state index contributed by atoms with van der Waals surface area (Å²) in [5.74, 6) is 0. The second-order valence-corrected chi connectivity index (χ2v) is 5.17. The standard InChI is InChI=1S/C18H23N3O2/c1-2-15-3-5-16(6-4-15)19-20-17-7-9-18(10-8-17)21(11-13-22)12-14-23/h3-10,22-23H,2,11-14H2,1H3. The molecule has 0 aliphatic carbocycles. The second kappa shape index (κ2) is 9.02. The van der Waals surface area contributed by atoms with Crippen molar-refractivity contribution in [1.82, 2.24) is 0 Å². The van der Waals surface area contributed by atoms with E-state index in [0.717, 1.165) is 23.5 Å². The molecule has 2 aromatic carbocycles. The summed E-state index contributed by atoms with van der Waals surface area (Å²) in [6, 6.07) is 15.6. The third kappa shape index (κ3) is 5.16. The molecule has 122 valence electrons. The number of hydrogen-bond acceptors (Lipinski definition) is 5. The Labute approximate surface area is 136 Å². The number of aryl methyl sites for hydroxylation is 1. The fourth-order valence-corrected chi connectivity index (χ4v) is 2.26. The van der Waals surface area contributed by atoms with Crippen LogP contribution in [0.4, 0.5) is 17.1 Å². The average molecular weight is 313 g/mol. The van der Waals surface area contributed by atoms with Crippen molar-refractivity contribution >= 4 is 17.1 Å². The fourth-order valence-electron chi connectivity index (χ4n) is 2.26. The van der Waals surface area contributed by atoms with Crippen molar-refractivity contribution in [3.63, 3.8) is 0 Å². The van der Waals surface area contributed by atoms with Crippen LogP contribution in [0.25, 0.3) is 0 Å².